The van der Waals surface area contributed by atoms with Crippen LogP contribution in [-0.2, 0) is 10.1 Å². The minimum absolute atomic E-state index is 0.106. The average molecular weight is 254 g/mol. The summed E-state index contributed by atoms with van der Waals surface area (Å²) in [7, 11) is -5.52. The predicted molar refractivity (Wildman–Crippen MR) is 66.5 cm³/mol. The normalized spacial score (nSPS) is 11.8. The third kappa shape index (κ3) is 4.19. The van der Waals surface area contributed by atoms with Gasteiger partial charge in [0.2, 0.25) is 0 Å². The molecule has 16 heavy (non-hydrogen) atoms. The number of rotatable bonds is 1. The maximum atomic E-state index is 10.8. The van der Waals surface area contributed by atoms with Crippen molar-refractivity contribution in [3.8, 4) is 11.5 Å². The number of hydrogen-bond donors (Lipinski definition) is 1. The molecule has 5 heteroatoms. The first-order valence-corrected chi connectivity index (χ1v) is 9.73. The first-order valence-electron chi connectivity index (χ1n) is 4.79. The Balaban J connectivity index is 3.00. The highest BCUT2D eigenvalue weighted by Crippen LogP contribution is 2.09. The Kier molecular flexibility index (Phi) is 3.58. The van der Waals surface area contributed by atoms with Crippen molar-refractivity contribution in [2.45, 2.75) is 24.5 Å². The fourth-order valence-corrected chi connectivity index (χ4v) is 1.97. The van der Waals surface area contributed by atoms with E-state index >= 15 is 0 Å². The molecule has 1 aromatic rings. The van der Waals surface area contributed by atoms with Crippen LogP contribution in [0.4, 0.5) is 0 Å². The van der Waals surface area contributed by atoms with Crippen molar-refractivity contribution in [1.82, 2.24) is 0 Å². The molecule has 0 fully saturated rings. The van der Waals surface area contributed by atoms with E-state index < -0.39 is 18.2 Å². The van der Waals surface area contributed by atoms with Gasteiger partial charge in [-0.3, -0.25) is 4.55 Å². The van der Waals surface area contributed by atoms with Crippen LogP contribution in [0.2, 0.25) is 19.6 Å². The van der Waals surface area contributed by atoms with Gasteiger partial charge in [0.05, 0.1) is 4.90 Å². The van der Waals surface area contributed by atoms with Gasteiger partial charge in [-0.1, -0.05) is 25.6 Å². The van der Waals surface area contributed by atoms with Gasteiger partial charge in [0, 0.05) is 5.56 Å². The molecule has 0 spiro atoms. The molecule has 86 valence electrons. The molecule has 0 radical (unpaired) electrons. The Labute approximate surface area is 97.3 Å². The van der Waals surface area contributed by atoms with Crippen LogP contribution in [-0.4, -0.2) is 21.0 Å². The third-order valence-electron chi connectivity index (χ3n) is 1.73. The Morgan fingerprint density at radius 2 is 1.62 bits per heavy atom. The lowest BCUT2D eigenvalue weighted by molar-refractivity contribution is 0.483. The third-order valence-corrected chi connectivity index (χ3v) is 3.48. The van der Waals surface area contributed by atoms with Crippen molar-refractivity contribution in [2.24, 2.45) is 0 Å². The van der Waals surface area contributed by atoms with Gasteiger partial charge < -0.3 is 0 Å². The fraction of sp³-hybridized carbons (Fsp3) is 0.273. The SMILES string of the molecule is C[Si](C)(C)C#Cc1ccc(S(=O)(=O)O)cc1. The zero-order chi connectivity index (χ0) is 12.4. The molecule has 0 aliphatic carbocycles. The molecule has 0 unspecified atom stereocenters. The molecular formula is C11H14O3SSi. The van der Waals surface area contributed by atoms with Crippen LogP contribution in [0.25, 0.3) is 0 Å². The van der Waals surface area contributed by atoms with Crippen molar-refractivity contribution in [3.63, 3.8) is 0 Å². The van der Waals surface area contributed by atoms with Crippen LogP contribution < -0.4 is 0 Å². The molecule has 0 atom stereocenters. The van der Waals surface area contributed by atoms with E-state index in [1.807, 2.05) is 0 Å². The van der Waals surface area contributed by atoms with E-state index in [-0.39, 0.29) is 4.90 Å². The van der Waals surface area contributed by atoms with Crippen LogP contribution >= 0.6 is 0 Å². The van der Waals surface area contributed by atoms with Crippen molar-refractivity contribution in [3.05, 3.63) is 29.8 Å². The smallest absolute Gasteiger partial charge is 0.282 e. The maximum absolute atomic E-state index is 10.8. The Morgan fingerprint density at radius 1 is 1.12 bits per heavy atom. The summed E-state index contributed by atoms with van der Waals surface area (Å²) in [6, 6.07) is 5.89. The molecule has 0 aliphatic heterocycles. The second kappa shape index (κ2) is 4.42. The van der Waals surface area contributed by atoms with Gasteiger partial charge >= 0.3 is 0 Å². The lowest BCUT2D eigenvalue weighted by Gasteiger charge is -2.03. The summed E-state index contributed by atoms with van der Waals surface area (Å²) in [6.07, 6.45) is 0. The van der Waals surface area contributed by atoms with Crippen LogP contribution in [0.1, 0.15) is 5.56 Å². The van der Waals surface area contributed by atoms with Gasteiger partial charge in [-0.25, -0.2) is 0 Å². The highest BCUT2D eigenvalue weighted by atomic mass is 32.2. The van der Waals surface area contributed by atoms with Crippen LogP contribution in [0.15, 0.2) is 29.2 Å². The molecule has 0 aromatic heterocycles. The van der Waals surface area contributed by atoms with Gasteiger partial charge in [-0.15, -0.1) is 5.54 Å². The Bertz CT molecular complexity index is 527. The molecular weight excluding hydrogens is 240 g/mol. The molecule has 0 amide bonds. The number of benzene rings is 1. The largest absolute Gasteiger partial charge is 0.294 e. The maximum Gasteiger partial charge on any atom is 0.294 e. The molecule has 0 aliphatic rings. The van der Waals surface area contributed by atoms with Crippen molar-refractivity contribution in [2.75, 3.05) is 0 Å². The van der Waals surface area contributed by atoms with Crippen LogP contribution in [0.5, 0.6) is 0 Å². The topological polar surface area (TPSA) is 54.4 Å². The summed E-state index contributed by atoms with van der Waals surface area (Å²) in [4.78, 5) is -0.106. The summed E-state index contributed by atoms with van der Waals surface area (Å²) in [5.41, 5.74) is 3.93. The van der Waals surface area contributed by atoms with Gasteiger partial charge in [0.15, 0.2) is 0 Å². The Morgan fingerprint density at radius 3 is 2.00 bits per heavy atom. The van der Waals surface area contributed by atoms with Gasteiger partial charge in [-0.2, -0.15) is 8.42 Å². The van der Waals surface area contributed by atoms with E-state index in [9.17, 15) is 8.42 Å². The highest BCUT2D eigenvalue weighted by molar-refractivity contribution is 7.85. The molecule has 0 saturated heterocycles. The van der Waals surface area contributed by atoms with E-state index in [1.54, 1.807) is 12.1 Å². The van der Waals surface area contributed by atoms with Gasteiger partial charge in [0.1, 0.15) is 8.07 Å². The van der Waals surface area contributed by atoms with E-state index in [1.165, 1.54) is 12.1 Å². The molecule has 1 N–H and O–H groups in total. The zero-order valence-electron chi connectivity index (χ0n) is 9.48. The first-order chi connectivity index (χ1) is 7.18. The van der Waals surface area contributed by atoms with Crippen molar-refractivity contribution < 1.29 is 13.0 Å². The first kappa shape index (κ1) is 13.0. The van der Waals surface area contributed by atoms with Gasteiger partial charge in [-0.05, 0) is 24.3 Å². The second-order valence-corrected chi connectivity index (χ2v) is 10.7. The van der Waals surface area contributed by atoms with Crippen LogP contribution in [0, 0.1) is 11.5 Å². The van der Waals surface area contributed by atoms with E-state index in [0.29, 0.717) is 0 Å². The lowest BCUT2D eigenvalue weighted by Crippen LogP contribution is -2.16. The fourth-order valence-electron chi connectivity index (χ4n) is 0.970. The van der Waals surface area contributed by atoms with E-state index in [0.717, 1.165) is 5.56 Å². The summed E-state index contributed by atoms with van der Waals surface area (Å²) in [5, 5.41) is 0. The van der Waals surface area contributed by atoms with Crippen molar-refractivity contribution in [1.29, 1.82) is 0 Å². The summed E-state index contributed by atoms with van der Waals surface area (Å²) in [5.74, 6) is 3.00. The van der Waals surface area contributed by atoms with E-state index in [2.05, 4.69) is 31.1 Å². The monoisotopic (exact) mass is 254 g/mol. The predicted octanol–water partition coefficient (Wildman–Crippen LogP) is 2.16. The van der Waals surface area contributed by atoms with Gasteiger partial charge in [0.25, 0.3) is 10.1 Å². The standard InChI is InChI=1S/C11H14O3SSi/c1-16(2,3)9-8-10-4-6-11(7-5-10)15(12,13)14/h4-7H,1-3H3,(H,12,13,14). The molecule has 1 aromatic carbocycles. The number of hydrogen-bond acceptors (Lipinski definition) is 2. The van der Waals surface area contributed by atoms with Crippen LogP contribution in [0.3, 0.4) is 0 Å². The summed E-state index contributed by atoms with van der Waals surface area (Å²) >= 11 is 0. The molecule has 0 saturated carbocycles. The minimum Gasteiger partial charge on any atom is -0.282 e. The molecule has 0 heterocycles. The quantitative estimate of drug-likeness (QED) is 0.475. The van der Waals surface area contributed by atoms with E-state index in [4.69, 9.17) is 4.55 Å². The average Bonchev–Trinajstić information content (AvgIpc) is 2.13. The summed E-state index contributed by atoms with van der Waals surface area (Å²) < 4.78 is 30.4. The minimum atomic E-state index is -4.10. The zero-order valence-corrected chi connectivity index (χ0v) is 11.3. The highest BCUT2D eigenvalue weighted by Gasteiger charge is 2.09. The van der Waals surface area contributed by atoms with Crippen molar-refractivity contribution >= 4 is 18.2 Å². The second-order valence-electron chi connectivity index (χ2n) is 4.50. The lowest BCUT2D eigenvalue weighted by atomic mass is 10.2. The Hall–Kier alpha value is -1.09. The molecule has 1 rings (SSSR count). The summed E-state index contributed by atoms with van der Waals surface area (Å²) in [6.45, 7) is 6.39. The molecule has 3 nitrogen and oxygen atoms in total. The molecule has 0 bridgehead atoms.